The first-order valence-corrected chi connectivity index (χ1v) is 6.44. The molecule has 4 nitrogen and oxygen atoms in total. The van der Waals surface area contributed by atoms with Gasteiger partial charge >= 0.3 is 0 Å². The number of aliphatic hydroxyl groups excluding tert-OH is 1. The van der Waals surface area contributed by atoms with Crippen molar-refractivity contribution >= 4 is 18.3 Å². The van der Waals surface area contributed by atoms with Crippen LogP contribution in [0.5, 0.6) is 0 Å². The summed E-state index contributed by atoms with van der Waals surface area (Å²) in [6, 6.07) is 0. The van der Waals surface area contributed by atoms with Crippen molar-refractivity contribution in [1.82, 2.24) is 10.6 Å². The Hall–Kier alpha value is -0.320. The predicted octanol–water partition coefficient (Wildman–Crippen LogP) is 0.685. The van der Waals surface area contributed by atoms with Crippen molar-refractivity contribution in [1.29, 1.82) is 0 Å². The molecule has 5 heteroatoms. The Labute approximate surface area is 109 Å². The molecule has 0 bridgehead atoms. The Bertz CT molecular complexity index is 245. The van der Waals surface area contributed by atoms with E-state index in [4.69, 9.17) is 0 Å². The van der Waals surface area contributed by atoms with Gasteiger partial charge in [0.25, 0.3) is 0 Å². The molecule has 2 unspecified atom stereocenters. The van der Waals surface area contributed by atoms with Gasteiger partial charge in [0.05, 0.1) is 6.10 Å². The van der Waals surface area contributed by atoms with Gasteiger partial charge in [0.2, 0.25) is 5.91 Å². The SMILES string of the molecule is Cl.O=C(NCC1CCCC1O)C1CCNCC1. The smallest absolute Gasteiger partial charge is 0.223 e. The Morgan fingerprint density at radius 1 is 1.24 bits per heavy atom. The number of carbonyl (C=O) groups excluding carboxylic acids is 1. The number of hydrogen-bond donors (Lipinski definition) is 3. The first-order valence-electron chi connectivity index (χ1n) is 6.44. The highest BCUT2D eigenvalue weighted by atomic mass is 35.5. The summed E-state index contributed by atoms with van der Waals surface area (Å²) in [5.41, 5.74) is 0. The number of amides is 1. The molecule has 0 radical (unpaired) electrons. The lowest BCUT2D eigenvalue weighted by molar-refractivity contribution is -0.126. The lowest BCUT2D eigenvalue weighted by Gasteiger charge is -2.23. The molecule has 1 saturated carbocycles. The number of aliphatic hydroxyl groups is 1. The fourth-order valence-electron chi connectivity index (χ4n) is 2.72. The second kappa shape index (κ2) is 7.19. The summed E-state index contributed by atoms with van der Waals surface area (Å²) in [5.74, 6) is 0.645. The Kier molecular flexibility index (Phi) is 6.23. The molecular weight excluding hydrogens is 240 g/mol. The van der Waals surface area contributed by atoms with E-state index in [2.05, 4.69) is 10.6 Å². The fraction of sp³-hybridized carbons (Fsp3) is 0.917. The van der Waals surface area contributed by atoms with Gasteiger partial charge in [-0.25, -0.2) is 0 Å². The number of carbonyl (C=O) groups is 1. The van der Waals surface area contributed by atoms with E-state index in [-0.39, 0.29) is 36.3 Å². The van der Waals surface area contributed by atoms with E-state index in [0.29, 0.717) is 6.54 Å². The average molecular weight is 263 g/mol. The zero-order valence-electron chi connectivity index (χ0n) is 10.2. The summed E-state index contributed by atoms with van der Waals surface area (Å²) < 4.78 is 0. The van der Waals surface area contributed by atoms with Gasteiger partial charge in [-0.1, -0.05) is 6.42 Å². The van der Waals surface area contributed by atoms with Crippen LogP contribution in [0.25, 0.3) is 0 Å². The van der Waals surface area contributed by atoms with Crippen LogP contribution < -0.4 is 10.6 Å². The van der Waals surface area contributed by atoms with Gasteiger partial charge in [0.1, 0.15) is 0 Å². The zero-order valence-corrected chi connectivity index (χ0v) is 11.0. The van der Waals surface area contributed by atoms with E-state index in [1.807, 2.05) is 0 Å². The summed E-state index contributed by atoms with van der Waals surface area (Å²) in [6.07, 6.45) is 4.72. The van der Waals surface area contributed by atoms with E-state index < -0.39 is 0 Å². The van der Waals surface area contributed by atoms with Crippen LogP contribution >= 0.6 is 12.4 Å². The fourth-order valence-corrected chi connectivity index (χ4v) is 2.72. The van der Waals surface area contributed by atoms with E-state index in [1.54, 1.807) is 0 Å². The zero-order chi connectivity index (χ0) is 11.4. The van der Waals surface area contributed by atoms with E-state index in [9.17, 15) is 9.90 Å². The first kappa shape index (κ1) is 14.7. The van der Waals surface area contributed by atoms with Crippen molar-refractivity contribution in [3.8, 4) is 0 Å². The van der Waals surface area contributed by atoms with Crippen molar-refractivity contribution < 1.29 is 9.90 Å². The summed E-state index contributed by atoms with van der Waals surface area (Å²) in [4.78, 5) is 11.8. The minimum absolute atomic E-state index is 0. The maximum Gasteiger partial charge on any atom is 0.223 e. The van der Waals surface area contributed by atoms with Crippen LogP contribution in [0.15, 0.2) is 0 Å². The number of hydrogen-bond acceptors (Lipinski definition) is 3. The number of halogens is 1. The molecule has 2 fully saturated rings. The Morgan fingerprint density at radius 3 is 2.53 bits per heavy atom. The molecule has 1 aliphatic carbocycles. The average Bonchev–Trinajstić information content (AvgIpc) is 2.73. The molecule has 0 aromatic rings. The maximum atomic E-state index is 11.8. The third-order valence-corrected chi connectivity index (χ3v) is 3.87. The number of piperidine rings is 1. The van der Waals surface area contributed by atoms with E-state index in [1.165, 1.54) is 0 Å². The molecule has 17 heavy (non-hydrogen) atoms. The largest absolute Gasteiger partial charge is 0.393 e. The topological polar surface area (TPSA) is 61.4 Å². The maximum absolute atomic E-state index is 11.8. The summed E-state index contributed by atoms with van der Waals surface area (Å²) in [5, 5.41) is 15.9. The molecule has 1 aliphatic heterocycles. The van der Waals surface area contributed by atoms with Gasteiger partial charge in [-0.05, 0) is 38.8 Å². The van der Waals surface area contributed by atoms with Crippen molar-refractivity contribution in [3.63, 3.8) is 0 Å². The summed E-state index contributed by atoms with van der Waals surface area (Å²) >= 11 is 0. The van der Waals surface area contributed by atoms with Crippen molar-refractivity contribution in [2.75, 3.05) is 19.6 Å². The molecule has 1 heterocycles. The van der Waals surface area contributed by atoms with Gasteiger partial charge in [-0.15, -0.1) is 12.4 Å². The number of rotatable bonds is 3. The van der Waals surface area contributed by atoms with Crippen molar-refractivity contribution in [2.45, 2.75) is 38.2 Å². The van der Waals surface area contributed by atoms with Crippen LogP contribution in [0.3, 0.4) is 0 Å². The molecule has 0 spiro atoms. The van der Waals surface area contributed by atoms with Gasteiger partial charge in [-0.3, -0.25) is 4.79 Å². The highest BCUT2D eigenvalue weighted by Crippen LogP contribution is 2.24. The quantitative estimate of drug-likeness (QED) is 0.701. The van der Waals surface area contributed by atoms with Crippen LogP contribution in [-0.4, -0.2) is 36.8 Å². The monoisotopic (exact) mass is 262 g/mol. The predicted molar refractivity (Wildman–Crippen MR) is 69.2 cm³/mol. The minimum atomic E-state index is -0.201. The minimum Gasteiger partial charge on any atom is -0.393 e. The van der Waals surface area contributed by atoms with Crippen LogP contribution in [0.4, 0.5) is 0 Å². The third kappa shape index (κ3) is 4.12. The van der Waals surface area contributed by atoms with Crippen LogP contribution in [0.2, 0.25) is 0 Å². The highest BCUT2D eigenvalue weighted by molar-refractivity contribution is 5.85. The first-order chi connectivity index (χ1) is 7.77. The molecule has 0 aromatic heterocycles. The number of nitrogens with one attached hydrogen (secondary N) is 2. The molecular formula is C12H23ClN2O2. The van der Waals surface area contributed by atoms with Crippen molar-refractivity contribution in [3.05, 3.63) is 0 Å². The Morgan fingerprint density at radius 2 is 1.94 bits per heavy atom. The lowest BCUT2D eigenvalue weighted by atomic mass is 9.97. The molecule has 100 valence electrons. The van der Waals surface area contributed by atoms with Crippen LogP contribution in [-0.2, 0) is 4.79 Å². The van der Waals surface area contributed by atoms with E-state index in [0.717, 1.165) is 45.2 Å². The lowest BCUT2D eigenvalue weighted by Crippen LogP contribution is -2.40. The molecule has 2 atom stereocenters. The molecule has 2 aliphatic rings. The van der Waals surface area contributed by atoms with Gasteiger partial charge in [-0.2, -0.15) is 0 Å². The molecule has 1 saturated heterocycles. The van der Waals surface area contributed by atoms with Gasteiger partial charge in [0.15, 0.2) is 0 Å². The molecule has 1 amide bonds. The molecule has 3 N–H and O–H groups in total. The Balaban J connectivity index is 0.00000144. The second-order valence-electron chi connectivity index (χ2n) is 5.03. The summed E-state index contributed by atoms with van der Waals surface area (Å²) in [6.45, 7) is 2.55. The molecule has 2 rings (SSSR count). The van der Waals surface area contributed by atoms with Gasteiger partial charge < -0.3 is 15.7 Å². The van der Waals surface area contributed by atoms with Crippen molar-refractivity contribution in [2.24, 2.45) is 11.8 Å². The standard InChI is InChI=1S/C12H22N2O2.ClH/c15-11-3-1-2-10(11)8-14-12(16)9-4-6-13-7-5-9;/h9-11,13,15H,1-8H2,(H,14,16);1H. The molecule has 0 aromatic carbocycles. The van der Waals surface area contributed by atoms with Gasteiger partial charge in [0, 0.05) is 18.4 Å². The highest BCUT2D eigenvalue weighted by Gasteiger charge is 2.27. The summed E-state index contributed by atoms with van der Waals surface area (Å²) in [7, 11) is 0. The van der Waals surface area contributed by atoms with Crippen LogP contribution in [0.1, 0.15) is 32.1 Å². The normalized spacial score (nSPS) is 29.7. The third-order valence-electron chi connectivity index (χ3n) is 3.87. The van der Waals surface area contributed by atoms with Crippen LogP contribution in [0, 0.1) is 11.8 Å². The van der Waals surface area contributed by atoms with E-state index >= 15 is 0 Å². The second-order valence-corrected chi connectivity index (χ2v) is 5.03.